The maximum atomic E-state index is 12.2. The van der Waals surface area contributed by atoms with Gasteiger partial charge in [0.05, 0.1) is 24.7 Å². The molecule has 0 aliphatic heterocycles. The number of H-pyrrole nitrogens is 1. The molecule has 0 spiro atoms. The number of rotatable bonds is 6. The molecule has 0 saturated carbocycles. The van der Waals surface area contributed by atoms with Crippen LogP contribution in [0, 0.1) is 6.92 Å². The Labute approximate surface area is 155 Å². The van der Waals surface area contributed by atoms with Crippen molar-refractivity contribution in [2.75, 3.05) is 20.2 Å². The predicted octanol–water partition coefficient (Wildman–Crippen LogP) is 3.38. The van der Waals surface area contributed by atoms with Crippen molar-refractivity contribution in [3.05, 3.63) is 29.6 Å². The molecule has 2 N–H and O–H groups in total. The largest absolute Gasteiger partial charge is 0.453 e. The SMILES string of the molecule is CCC.CCCN(Cc1nc2ccc(C)cc2[nH]1)C(=O)CNC(=O)OC. The van der Waals surface area contributed by atoms with Crippen LogP contribution in [0.25, 0.3) is 11.0 Å². The van der Waals surface area contributed by atoms with Crippen molar-refractivity contribution in [1.29, 1.82) is 0 Å². The molecule has 144 valence electrons. The molecular formula is C19H30N4O3. The van der Waals surface area contributed by atoms with Gasteiger partial charge in [-0.15, -0.1) is 0 Å². The molecule has 0 bridgehead atoms. The predicted molar refractivity (Wildman–Crippen MR) is 103 cm³/mol. The van der Waals surface area contributed by atoms with E-state index in [0.717, 1.165) is 28.8 Å². The molecule has 2 rings (SSSR count). The number of aromatic nitrogens is 2. The highest BCUT2D eigenvalue weighted by Gasteiger charge is 2.16. The molecule has 0 aliphatic rings. The van der Waals surface area contributed by atoms with Crippen molar-refractivity contribution in [3.63, 3.8) is 0 Å². The number of alkyl carbamates (subject to hydrolysis) is 1. The average Bonchev–Trinajstić information content (AvgIpc) is 3.01. The van der Waals surface area contributed by atoms with Gasteiger partial charge in [0.25, 0.3) is 0 Å². The van der Waals surface area contributed by atoms with Crippen LogP contribution in [-0.2, 0) is 16.1 Å². The van der Waals surface area contributed by atoms with E-state index in [0.29, 0.717) is 13.1 Å². The zero-order valence-corrected chi connectivity index (χ0v) is 16.4. The lowest BCUT2D eigenvalue weighted by Gasteiger charge is -2.21. The second-order valence-electron chi connectivity index (χ2n) is 6.07. The number of aryl methyl sites for hydroxylation is 1. The summed E-state index contributed by atoms with van der Waals surface area (Å²) in [5, 5.41) is 2.41. The molecule has 2 aromatic rings. The number of hydrogen-bond donors (Lipinski definition) is 2. The van der Waals surface area contributed by atoms with Gasteiger partial charge in [-0.1, -0.05) is 33.3 Å². The van der Waals surface area contributed by atoms with Crippen molar-refractivity contribution in [2.45, 2.75) is 47.1 Å². The second kappa shape index (κ2) is 11.1. The summed E-state index contributed by atoms with van der Waals surface area (Å²) in [6.07, 6.45) is 1.46. The van der Waals surface area contributed by atoms with Crippen LogP contribution in [0.4, 0.5) is 4.79 Å². The van der Waals surface area contributed by atoms with Gasteiger partial charge >= 0.3 is 6.09 Å². The van der Waals surface area contributed by atoms with E-state index in [2.05, 4.69) is 33.9 Å². The van der Waals surface area contributed by atoms with Gasteiger partial charge < -0.3 is 19.9 Å². The smallest absolute Gasteiger partial charge is 0.407 e. The Morgan fingerprint density at radius 3 is 2.58 bits per heavy atom. The number of methoxy groups -OCH3 is 1. The standard InChI is InChI=1S/C16H22N4O3.C3H8/c1-4-7-20(15(21)9-17-16(22)23-3)10-14-18-12-6-5-11(2)8-13(12)19-14;1-3-2/h5-6,8H,4,7,9-10H2,1-3H3,(H,17,22)(H,18,19);3H2,1-2H3. The summed E-state index contributed by atoms with van der Waals surface area (Å²) in [6, 6.07) is 5.98. The van der Waals surface area contributed by atoms with Crippen LogP contribution in [0.1, 0.15) is 45.0 Å². The van der Waals surface area contributed by atoms with Crippen LogP contribution in [0.2, 0.25) is 0 Å². The number of nitrogens with zero attached hydrogens (tertiary/aromatic N) is 2. The van der Waals surface area contributed by atoms with Gasteiger partial charge in [-0.3, -0.25) is 4.79 Å². The minimum Gasteiger partial charge on any atom is -0.453 e. The third kappa shape index (κ3) is 6.74. The molecule has 0 atom stereocenters. The van der Waals surface area contributed by atoms with E-state index in [1.165, 1.54) is 13.5 Å². The average molecular weight is 362 g/mol. The number of benzene rings is 1. The van der Waals surface area contributed by atoms with E-state index in [1.54, 1.807) is 4.90 Å². The summed E-state index contributed by atoms with van der Waals surface area (Å²) >= 11 is 0. The Morgan fingerprint density at radius 1 is 1.27 bits per heavy atom. The number of aromatic amines is 1. The third-order valence-corrected chi connectivity index (χ3v) is 3.44. The topological polar surface area (TPSA) is 87.3 Å². The van der Waals surface area contributed by atoms with Crippen LogP contribution >= 0.6 is 0 Å². The van der Waals surface area contributed by atoms with Gasteiger partial charge in [-0.2, -0.15) is 0 Å². The number of ether oxygens (including phenoxy) is 1. The van der Waals surface area contributed by atoms with Gasteiger partial charge in [-0.25, -0.2) is 9.78 Å². The van der Waals surface area contributed by atoms with E-state index in [4.69, 9.17) is 0 Å². The molecule has 0 unspecified atom stereocenters. The van der Waals surface area contributed by atoms with Crippen LogP contribution in [0.15, 0.2) is 18.2 Å². The number of fused-ring (bicyclic) bond motifs is 1. The zero-order chi connectivity index (χ0) is 19.5. The minimum absolute atomic E-state index is 0.0913. The number of imidazole rings is 1. The first-order valence-corrected chi connectivity index (χ1v) is 8.99. The van der Waals surface area contributed by atoms with E-state index < -0.39 is 6.09 Å². The van der Waals surface area contributed by atoms with Gasteiger partial charge in [0.15, 0.2) is 0 Å². The highest BCUT2D eigenvalue weighted by Crippen LogP contribution is 2.14. The number of hydrogen-bond acceptors (Lipinski definition) is 4. The summed E-state index contributed by atoms with van der Waals surface area (Å²) in [4.78, 5) is 32.7. The fourth-order valence-corrected chi connectivity index (χ4v) is 2.33. The van der Waals surface area contributed by atoms with Crippen LogP contribution in [0.5, 0.6) is 0 Å². The van der Waals surface area contributed by atoms with E-state index in [-0.39, 0.29) is 12.5 Å². The van der Waals surface area contributed by atoms with Gasteiger partial charge in [0, 0.05) is 6.54 Å². The summed E-state index contributed by atoms with van der Waals surface area (Å²) < 4.78 is 4.47. The van der Waals surface area contributed by atoms with E-state index in [1.807, 2.05) is 32.0 Å². The Bertz CT molecular complexity index is 712. The molecule has 7 nitrogen and oxygen atoms in total. The lowest BCUT2D eigenvalue weighted by Crippen LogP contribution is -2.40. The molecule has 2 amide bonds. The maximum Gasteiger partial charge on any atom is 0.407 e. The van der Waals surface area contributed by atoms with E-state index >= 15 is 0 Å². The van der Waals surface area contributed by atoms with E-state index in [9.17, 15) is 9.59 Å². The van der Waals surface area contributed by atoms with Crippen LogP contribution in [-0.4, -0.2) is 47.1 Å². The summed E-state index contributed by atoms with van der Waals surface area (Å²) in [7, 11) is 1.26. The van der Waals surface area contributed by atoms with Crippen molar-refractivity contribution in [1.82, 2.24) is 20.2 Å². The molecular weight excluding hydrogens is 332 g/mol. The zero-order valence-electron chi connectivity index (χ0n) is 16.4. The summed E-state index contributed by atoms with van der Waals surface area (Å²) in [5.41, 5.74) is 2.98. The Kier molecular flexibility index (Phi) is 9.19. The molecule has 26 heavy (non-hydrogen) atoms. The van der Waals surface area contributed by atoms with Crippen molar-refractivity contribution < 1.29 is 14.3 Å². The highest BCUT2D eigenvalue weighted by atomic mass is 16.5. The van der Waals surface area contributed by atoms with Crippen LogP contribution < -0.4 is 5.32 Å². The first-order valence-electron chi connectivity index (χ1n) is 8.99. The van der Waals surface area contributed by atoms with Crippen molar-refractivity contribution in [3.8, 4) is 0 Å². The number of carbonyl (C=O) groups excluding carboxylic acids is 2. The molecule has 0 radical (unpaired) electrons. The van der Waals surface area contributed by atoms with Gasteiger partial charge in [0.1, 0.15) is 12.4 Å². The Hall–Kier alpha value is -2.57. The number of amides is 2. The van der Waals surface area contributed by atoms with Crippen LogP contribution in [0.3, 0.4) is 0 Å². The molecule has 7 heteroatoms. The van der Waals surface area contributed by atoms with Gasteiger partial charge in [-0.05, 0) is 31.0 Å². The normalized spacial score (nSPS) is 10.0. The molecule has 0 saturated heterocycles. The lowest BCUT2D eigenvalue weighted by molar-refractivity contribution is -0.130. The first-order chi connectivity index (χ1) is 12.4. The van der Waals surface area contributed by atoms with Crippen molar-refractivity contribution in [2.24, 2.45) is 0 Å². The number of nitrogens with one attached hydrogen (secondary N) is 2. The monoisotopic (exact) mass is 362 g/mol. The molecule has 1 aromatic heterocycles. The quantitative estimate of drug-likeness (QED) is 0.825. The fourth-order valence-electron chi connectivity index (χ4n) is 2.33. The first kappa shape index (κ1) is 21.5. The lowest BCUT2D eigenvalue weighted by atomic mass is 10.2. The highest BCUT2D eigenvalue weighted by molar-refractivity contribution is 5.82. The minimum atomic E-state index is -0.617. The van der Waals surface area contributed by atoms with Gasteiger partial charge in [0.2, 0.25) is 5.91 Å². The van der Waals surface area contributed by atoms with Crippen molar-refractivity contribution >= 4 is 23.0 Å². The summed E-state index contributed by atoms with van der Waals surface area (Å²) in [5.74, 6) is 0.555. The molecule has 1 heterocycles. The fraction of sp³-hybridized carbons (Fsp3) is 0.526. The third-order valence-electron chi connectivity index (χ3n) is 3.44. The molecule has 0 aliphatic carbocycles. The second-order valence-corrected chi connectivity index (χ2v) is 6.07. The maximum absolute atomic E-state index is 12.2. The Balaban J connectivity index is 0.00000105. The Morgan fingerprint density at radius 2 is 1.96 bits per heavy atom. The number of carbonyl (C=O) groups is 2. The summed E-state index contributed by atoms with van der Waals surface area (Å²) in [6.45, 7) is 9.15. The molecule has 1 aromatic carbocycles. The molecule has 0 fully saturated rings.